The molecule has 3 rings (SSSR count). The van der Waals surface area contributed by atoms with Crippen LogP contribution in [0.5, 0.6) is 0 Å². The molecule has 0 radical (unpaired) electrons. The molecule has 0 saturated carbocycles. The summed E-state index contributed by atoms with van der Waals surface area (Å²) in [4.78, 5) is 4.06. The van der Waals surface area contributed by atoms with Crippen LogP contribution in [0, 0.1) is 0 Å². The highest BCUT2D eigenvalue weighted by atomic mass is 32.2. The largest absolute Gasteiger partial charge is 0.302 e. The quantitative estimate of drug-likeness (QED) is 0.485. The first-order valence-electron chi connectivity index (χ1n) is 7.89. The zero-order valence-electron chi connectivity index (χ0n) is 13.2. The van der Waals surface area contributed by atoms with Gasteiger partial charge >= 0.3 is 0 Å². The van der Waals surface area contributed by atoms with Gasteiger partial charge in [-0.15, -0.1) is 10.2 Å². The van der Waals surface area contributed by atoms with Crippen LogP contribution in [0.1, 0.15) is 18.9 Å². The summed E-state index contributed by atoms with van der Waals surface area (Å²) in [6, 6.07) is 14.6. The Morgan fingerprint density at radius 1 is 1.00 bits per heavy atom. The fraction of sp³-hybridized carbons (Fsp3) is 0.278. The van der Waals surface area contributed by atoms with Gasteiger partial charge in [-0.1, -0.05) is 42.1 Å². The molecule has 3 aromatic rings. The zero-order chi connectivity index (χ0) is 15.9. The number of hydrogen-bond donors (Lipinski definition) is 0. The van der Waals surface area contributed by atoms with Gasteiger partial charge in [-0.25, -0.2) is 0 Å². The number of nitrogens with zero attached hydrogens (tertiary/aromatic N) is 4. The molecule has 118 valence electrons. The molecule has 0 N–H and O–H groups in total. The second-order valence-electron chi connectivity index (χ2n) is 5.22. The van der Waals surface area contributed by atoms with Gasteiger partial charge in [0, 0.05) is 30.3 Å². The number of aryl methyl sites for hydroxylation is 1. The number of aromatic nitrogens is 4. The molecule has 23 heavy (non-hydrogen) atoms. The third-order valence-electron chi connectivity index (χ3n) is 3.66. The number of hydrogen-bond acceptors (Lipinski definition) is 4. The number of pyridine rings is 1. The van der Waals surface area contributed by atoms with Crippen LogP contribution in [0.15, 0.2) is 60.0 Å². The van der Waals surface area contributed by atoms with Crippen molar-refractivity contribution in [3.8, 4) is 11.4 Å². The predicted molar refractivity (Wildman–Crippen MR) is 94.4 cm³/mol. The SMILES string of the molecule is CCn1c(SCCCc2ccccc2)nnc1-c1ccncc1. The Morgan fingerprint density at radius 2 is 1.78 bits per heavy atom. The van der Waals surface area contributed by atoms with Crippen molar-refractivity contribution in [3.05, 3.63) is 60.4 Å². The minimum absolute atomic E-state index is 0.867. The Bertz CT molecular complexity index is 725. The van der Waals surface area contributed by atoms with Crippen molar-refractivity contribution in [2.75, 3.05) is 5.75 Å². The van der Waals surface area contributed by atoms with Crippen LogP contribution < -0.4 is 0 Å². The predicted octanol–water partition coefficient (Wildman–Crippen LogP) is 4.08. The first-order chi connectivity index (χ1) is 11.4. The number of rotatable bonds is 7. The van der Waals surface area contributed by atoms with Crippen molar-refractivity contribution in [2.24, 2.45) is 0 Å². The van der Waals surface area contributed by atoms with Crippen LogP contribution in [0.3, 0.4) is 0 Å². The van der Waals surface area contributed by atoms with Crippen molar-refractivity contribution in [1.82, 2.24) is 19.7 Å². The molecular weight excluding hydrogens is 304 g/mol. The lowest BCUT2D eigenvalue weighted by molar-refractivity contribution is 0.686. The Balaban J connectivity index is 1.61. The first kappa shape index (κ1) is 15.7. The van der Waals surface area contributed by atoms with E-state index in [-0.39, 0.29) is 0 Å². The van der Waals surface area contributed by atoms with E-state index < -0.39 is 0 Å². The number of thioether (sulfide) groups is 1. The molecule has 1 aromatic carbocycles. The summed E-state index contributed by atoms with van der Waals surface area (Å²) < 4.78 is 2.17. The summed E-state index contributed by atoms with van der Waals surface area (Å²) in [7, 11) is 0. The monoisotopic (exact) mass is 324 g/mol. The maximum atomic E-state index is 4.36. The Hall–Kier alpha value is -2.14. The lowest BCUT2D eigenvalue weighted by Crippen LogP contribution is -2.00. The van der Waals surface area contributed by atoms with Crippen molar-refractivity contribution < 1.29 is 0 Å². The van der Waals surface area contributed by atoms with E-state index >= 15 is 0 Å². The van der Waals surface area contributed by atoms with Crippen molar-refractivity contribution >= 4 is 11.8 Å². The topological polar surface area (TPSA) is 43.6 Å². The van der Waals surface area contributed by atoms with Gasteiger partial charge in [0.1, 0.15) is 0 Å². The molecule has 2 aromatic heterocycles. The van der Waals surface area contributed by atoms with Gasteiger partial charge in [-0.05, 0) is 37.5 Å². The van der Waals surface area contributed by atoms with Gasteiger partial charge in [0.25, 0.3) is 0 Å². The summed E-state index contributed by atoms with van der Waals surface area (Å²) in [5.41, 5.74) is 2.45. The third kappa shape index (κ3) is 3.99. The Morgan fingerprint density at radius 3 is 2.52 bits per heavy atom. The second-order valence-corrected chi connectivity index (χ2v) is 6.29. The lowest BCUT2D eigenvalue weighted by Gasteiger charge is -2.07. The average molecular weight is 324 g/mol. The molecule has 0 amide bonds. The van der Waals surface area contributed by atoms with E-state index in [0.717, 1.165) is 41.7 Å². The molecule has 0 aliphatic carbocycles. The summed E-state index contributed by atoms with van der Waals surface area (Å²) in [6.45, 7) is 2.99. The molecule has 0 unspecified atom stereocenters. The van der Waals surface area contributed by atoms with E-state index in [1.165, 1.54) is 5.56 Å². The molecule has 0 bridgehead atoms. The molecular formula is C18H20N4S. The van der Waals surface area contributed by atoms with Crippen LogP contribution in [-0.2, 0) is 13.0 Å². The van der Waals surface area contributed by atoms with Crippen LogP contribution in [0.2, 0.25) is 0 Å². The van der Waals surface area contributed by atoms with Crippen molar-refractivity contribution in [3.63, 3.8) is 0 Å². The summed E-state index contributed by atoms with van der Waals surface area (Å²) in [5.74, 6) is 1.96. The van der Waals surface area contributed by atoms with Crippen molar-refractivity contribution in [1.29, 1.82) is 0 Å². The van der Waals surface area contributed by atoms with E-state index in [1.807, 2.05) is 12.1 Å². The average Bonchev–Trinajstić information content (AvgIpc) is 3.03. The van der Waals surface area contributed by atoms with Crippen LogP contribution in [0.25, 0.3) is 11.4 Å². The summed E-state index contributed by atoms with van der Waals surface area (Å²) in [6.07, 6.45) is 5.81. The Kier molecular flexibility index (Phi) is 5.42. The standard InChI is InChI=1S/C18H20N4S/c1-2-22-17(16-10-12-19-13-11-16)20-21-18(22)23-14-6-9-15-7-4-3-5-8-15/h3-5,7-8,10-13H,2,6,9,14H2,1H3. The Labute approximate surface area is 141 Å². The first-order valence-corrected chi connectivity index (χ1v) is 8.87. The molecule has 0 spiro atoms. The minimum Gasteiger partial charge on any atom is -0.302 e. The van der Waals surface area contributed by atoms with E-state index in [2.05, 4.69) is 57.0 Å². The summed E-state index contributed by atoms with van der Waals surface area (Å²) in [5, 5.41) is 9.71. The van der Waals surface area contributed by atoms with Gasteiger partial charge in [0.2, 0.25) is 0 Å². The minimum atomic E-state index is 0.867. The maximum absolute atomic E-state index is 4.36. The van der Waals surface area contributed by atoms with Gasteiger partial charge in [-0.3, -0.25) is 4.98 Å². The van der Waals surface area contributed by atoms with Gasteiger partial charge < -0.3 is 4.57 Å². The second kappa shape index (κ2) is 7.92. The highest BCUT2D eigenvalue weighted by Gasteiger charge is 2.12. The molecule has 0 aliphatic rings. The highest BCUT2D eigenvalue weighted by molar-refractivity contribution is 7.99. The zero-order valence-corrected chi connectivity index (χ0v) is 14.0. The van der Waals surface area contributed by atoms with Crippen LogP contribution in [-0.4, -0.2) is 25.5 Å². The maximum Gasteiger partial charge on any atom is 0.191 e. The van der Waals surface area contributed by atoms with Gasteiger partial charge in [0.15, 0.2) is 11.0 Å². The van der Waals surface area contributed by atoms with Crippen LogP contribution >= 0.6 is 11.8 Å². The van der Waals surface area contributed by atoms with Gasteiger partial charge in [-0.2, -0.15) is 0 Å². The molecule has 4 nitrogen and oxygen atoms in total. The molecule has 5 heteroatoms. The third-order valence-corrected chi connectivity index (χ3v) is 4.71. The fourth-order valence-electron chi connectivity index (χ4n) is 2.48. The lowest BCUT2D eigenvalue weighted by atomic mass is 10.1. The molecule has 0 aliphatic heterocycles. The molecule has 0 atom stereocenters. The molecule has 0 fully saturated rings. The van der Waals surface area contributed by atoms with Crippen LogP contribution in [0.4, 0.5) is 0 Å². The van der Waals surface area contributed by atoms with E-state index in [1.54, 1.807) is 24.2 Å². The van der Waals surface area contributed by atoms with Gasteiger partial charge in [0.05, 0.1) is 0 Å². The van der Waals surface area contributed by atoms with E-state index in [4.69, 9.17) is 0 Å². The fourth-order valence-corrected chi connectivity index (χ4v) is 3.42. The number of benzene rings is 1. The normalized spacial score (nSPS) is 10.8. The van der Waals surface area contributed by atoms with Crippen molar-refractivity contribution in [2.45, 2.75) is 31.5 Å². The molecule has 2 heterocycles. The van der Waals surface area contributed by atoms with E-state index in [0.29, 0.717) is 0 Å². The smallest absolute Gasteiger partial charge is 0.191 e. The van der Waals surface area contributed by atoms with E-state index in [9.17, 15) is 0 Å². The summed E-state index contributed by atoms with van der Waals surface area (Å²) >= 11 is 1.78. The molecule has 0 saturated heterocycles. The highest BCUT2D eigenvalue weighted by Crippen LogP contribution is 2.24.